The SMILES string of the molecule is CN1CC(OCC2=CC=CCC2)CC1C(=O)O. The number of hydrogen-bond donors (Lipinski definition) is 1. The quantitative estimate of drug-likeness (QED) is 0.803. The Hall–Kier alpha value is -1.13. The van der Waals surface area contributed by atoms with Crippen molar-refractivity contribution >= 4 is 5.97 Å². The number of hydrogen-bond acceptors (Lipinski definition) is 3. The Morgan fingerprint density at radius 1 is 1.65 bits per heavy atom. The molecule has 2 aliphatic rings. The molecule has 4 heteroatoms. The zero-order chi connectivity index (χ0) is 12.3. The van der Waals surface area contributed by atoms with Crippen LogP contribution in [-0.2, 0) is 9.53 Å². The van der Waals surface area contributed by atoms with Crippen molar-refractivity contribution in [3.63, 3.8) is 0 Å². The van der Waals surface area contributed by atoms with Gasteiger partial charge < -0.3 is 9.84 Å². The third-order valence-corrected chi connectivity index (χ3v) is 3.40. The first kappa shape index (κ1) is 12.3. The van der Waals surface area contributed by atoms with Crippen LogP contribution in [0.5, 0.6) is 0 Å². The lowest BCUT2D eigenvalue weighted by Crippen LogP contribution is -2.32. The third kappa shape index (κ3) is 3.17. The fourth-order valence-corrected chi connectivity index (χ4v) is 2.36. The van der Waals surface area contributed by atoms with Gasteiger partial charge in [-0.25, -0.2) is 0 Å². The number of aliphatic carboxylic acids is 1. The molecule has 17 heavy (non-hydrogen) atoms. The molecule has 1 aliphatic carbocycles. The Morgan fingerprint density at radius 2 is 2.47 bits per heavy atom. The molecule has 2 unspecified atom stereocenters. The topological polar surface area (TPSA) is 49.8 Å². The third-order valence-electron chi connectivity index (χ3n) is 3.40. The minimum absolute atomic E-state index is 0.0490. The van der Waals surface area contributed by atoms with E-state index in [2.05, 4.69) is 18.2 Å². The molecular weight excluding hydrogens is 218 g/mol. The van der Waals surface area contributed by atoms with Crippen molar-refractivity contribution < 1.29 is 14.6 Å². The average Bonchev–Trinajstić information content (AvgIpc) is 2.69. The van der Waals surface area contributed by atoms with Gasteiger partial charge in [0.15, 0.2) is 0 Å². The summed E-state index contributed by atoms with van der Waals surface area (Å²) < 4.78 is 5.79. The lowest BCUT2D eigenvalue weighted by atomic mass is 10.1. The van der Waals surface area contributed by atoms with Gasteiger partial charge in [-0.3, -0.25) is 9.69 Å². The smallest absolute Gasteiger partial charge is 0.321 e. The molecule has 2 atom stereocenters. The van der Waals surface area contributed by atoms with Gasteiger partial charge in [0.05, 0.1) is 12.7 Å². The van der Waals surface area contributed by atoms with Gasteiger partial charge in [-0.05, 0) is 25.5 Å². The van der Waals surface area contributed by atoms with Gasteiger partial charge in [0.1, 0.15) is 6.04 Å². The largest absolute Gasteiger partial charge is 0.480 e. The van der Waals surface area contributed by atoms with Gasteiger partial charge in [-0.2, -0.15) is 0 Å². The van der Waals surface area contributed by atoms with Crippen molar-refractivity contribution in [3.05, 3.63) is 23.8 Å². The molecule has 4 nitrogen and oxygen atoms in total. The van der Waals surface area contributed by atoms with E-state index < -0.39 is 5.97 Å². The summed E-state index contributed by atoms with van der Waals surface area (Å²) in [6, 6.07) is -0.389. The predicted molar refractivity (Wildman–Crippen MR) is 64.9 cm³/mol. The van der Waals surface area contributed by atoms with Gasteiger partial charge in [0.2, 0.25) is 0 Å². The van der Waals surface area contributed by atoms with Crippen molar-refractivity contribution in [1.29, 1.82) is 0 Å². The van der Waals surface area contributed by atoms with E-state index in [1.807, 2.05) is 11.9 Å². The van der Waals surface area contributed by atoms with Gasteiger partial charge in [-0.15, -0.1) is 0 Å². The van der Waals surface area contributed by atoms with Gasteiger partial charge in [0.25, 0.3) is 0 Å². The summed E-state index contributed by atoms with van der Waals surface area (Å²) in [5.41, 5.74) is 1.30. The van der Waals surface area contributed by atoms with E-state index >= 15 is 0 Å². The molecule has 0 aromatic rings. The molecule has 1 N–H and O–H groups in total. The maximum absolute atomic E-state index is 10.9. The summed E-state index contributed by atoms with van der Waals surface area (Å²) in [5.74, 6) is -0.751. The Balaban J connectivity index is 1.79. The van der Waals surface area contributed by atoms with E-state index in [4.69, 9.17) is 9.84 Å². The molecule has 1 heterocycles. The minimum atomic E-state index is -0.751. The van der Waals surface area contributed by atoms with E-state index in [0.717, 1.165) is 12.8 Å². The van der Waals surface area contributed by atoms with E-state index in [0.29, 0.717) is 19.6 Å². The van der Waals surface area contributed by atoms with E-state index in [-0.39, 0.29) is 12.1 Å². The second kappa shape index (κ2) is 5.47. The van der Waals surface area contributed by atoms with Gasteiger partial charge in [-0.1, -0.05) is 18.2 Å². The first-order valence-electron chi connectivity index (χ1n) is 6.06. The fraction of sp³-hybridized carbons (Fsp3) is 0.615. The maximum atomic E-state index is 10.9. The van der Waals surface area contributed by atoms with Crippen LogP contribution in [0.1, 0.15) is 19.3 Å². The maximum Gasteiger partial charge on any atom is 0.321 e. The van der Waals surface area contributed by atoms with Crippen LogP contribution < -0.4 is 0 Å². The summed E-state index contributed by atoms with van der Waals surface area (Å²) in [7, 11) is 1.84. The zero-order valence-electron chi connectivity index (χ0n) is 10.1. The number of ether oxygens (including phenoxy) is 1. The van der Waals surface area contributed by atoms with Crippen LogP contribution in [0.4, 0.5) is 0 Å². The minimum Gasteiger partial charge on any atom is -0.480 e. The summed E-state index contributed by atoms with van der Waals surface area (Å²) >= 11 is 0. The molecule has 94 valence electrons. The van der Waals surface area contributed by atoms with Crippen LogP contribution in [-0.4, -0.2) is 48.3 Å². The number of likely N-dealkylation sites (N-methyl/N-ethyl adjacent to an activating group) is 1. The van der Waals surface area contributed by atoms with Crippen molar-refractivity contribution in [2.45, 2.75) is 31.4 Å². The van der Waals surface area contributed by atoms with Crippen molar-refractivity contribution in [2.75, 3.05) is 20.2 Å². The van der Waals surface area contributed by atoms with Crippen molar-refractivity contribution in [2.24, 2.45) is 0 Å². The number of likely N-dealkylation sites (tertiary alicyclic amines) is 1. The second-order valence-corrected chi connectivity index (χ2v) is 4.75. The lowest BCUT2D eigenvalue weighted by Gasteiger charge is -2.14. The van der Waals surface area contributed by atoms with Crippen LogP contribution in [0.25, 0.3) is 0 Å². The highest BCUT2D eigenvalue weighted by molar-refractivity contribution is 5.73. The molecule has 0 spiro atoms. The number of rotatable bonds is 4. The summed E-state index contributed by atoms with van der Waals surface area (Å²) in [6.45, 7) is 1.34. The van der Waals surface area contributed by atoms with E-state index in [1.165, 1.54) is 5.57 Å². The number of carboxylic acid groups (broad SMARTS) is 1. The van der Waals surface area contributed by atoms with Crippen LogP contribution in [0, 0.1) is 0 Å². The monoisotopic (exact) mass is 237 g/mol. The molecule has 1 saturated heterocycles. The summed E-state index contributed by atoms with van der Waals surface area (Å²) in [6.07, 6.45) is 9.08. The predicted octanol–water partition coefficient (Wildman–Crippen LogP) is 1.44. The molecule has 0 amide bonds. The number of carbonyl (C=O) groups is 1. The molecule has 1 fully saturated rings. The van der Waals surface area contributed by atoms with Crippen molar-refractivity contribution in [3.8, 4) is 0 Å². The average molecular weight is 237 g/mol. The van der Waals surface area contributed by atoms with E-state index in [9.17, 15) is 4.79 Å². The molecule has 2 rings (SSSR count). The first-order valence-corrected chi connectivity index (χ1v) is 6.06. The van der Waals surface area contributed by atoms with Crippen LogP contribution >= 0.6 is 0 Å². The Bertz CT molecular complexity index is 349. The summed E-state index contributed by atoms with van der Waals surface area (Å²) in [4.78, 5) is 12.8. The molecule has 1 aliphatic heterocycles. The standard InChI is InChI=1S/C13H19NO3/c1-14-8-11(7-12(14)13(15)16)17-9-10-5-3-2-4-6-10/h2-3,5,11-12H,4,6-9H2,1H3,(H,15,16). The molecule has 0 aromatic carbocycles. The van der Waals surface area contributed by atoms with Crippen LogP contribution in [0.3, 0.4) is 0 Å². The van der Waals surface area contributed by atoms with Gasteiger partial charge in [0, 0.05) is 13.0 Å². The zero-order valence-corrected chi connectivity index (χ0v) is 10.1. The number of carboxylic acids is 1. The molecule has 0 saturated carbocycles. The molecule has 0 aromatic heterocycles. The van der Waals surface area contributed by atoms with E-state index in [1.54, 1.807) is 0 Å². The van der Waals surface area contributed by atoms with Crippen molar-refractivity contribution in [1.82, 2.24) is 4.90 Å². The number of allylic oxidation sites excluding steroid dienone is 3. The van der Waals surface area contributed by atoms with Crippen LogP contribution in [0.2, 0.25) is 0 Å². The highest BCUT2D eigenvalue weighted by atomic mass is 16.5. The Kier molecular flexibility index (Phi) is 3.97. The molecule has 0 radical (unpaired) electrons. The normalized spacial score (nSPS) is 29.4. The molecule has 0 bridgehead atoms. The lowest BCUT2D eigenvalue weighted by molar-refractivity contribution is -0.141. The highest BCUT2D eigenvalue weighted by Crippen LogP contribution is 2.20. The van der Waals surface area contributed by atoms with Gasteiger partial charge >= 0.3 is 5.97 Å². The molecular formula is C13H19NO3. The van der Waals surface area contributed by atoms with Crippen LogP contribution in [0.15, 0.2) is 23.8 Å². The Labute approximate surface area is 102 Å². The Morgan fingerprint density at radius 3 is 3.06 bits per heavy atom. The second-order valence-electron chi connectivity index (χ2n) is 4.75. The fourth-order valence-electron chi connectivity index (χ4n) is 2.36. The summed E-state index contributed by atoms with van der Waals surface area (Å²) in [5, 5.41) is 9.00. The first-order chi connectivity index (χ1) is 8.16. The number of nitrogens with zero attached hydrogens (tertiary/aromatic N) is 1. The highest BCUT2D eigenvalue weighted by Gasteiger charge is 2.34.